The second-order valence-electron chi connectivity index (χ2n) is 9.06. The van der Waals surface area contributed by atoms with E-state index >= 15 is 0 Å². The highest BCUT2D eigenvalue weighted by Gasteiger charge is 2.26. The molecule has 1 saturated heterocycles. The van der Waals surface area contributed by atoms with Gasteiger partial charge < -0.3 is 28.4 Å². The minimum atomic E-state index is -0.224. The average Bonchev–Trinajstić information content (AvgIpc) is 3.63. The first kappa shape index (κ1) is 24.9. The van der Waals surface area contributed by atoms with Crippen LogP contribution in [0.15, 0.2) is 71.3 Å². The quantitative estimate of drug-likeness (QED) is 0.419. The highest BCUT2D eigenvalue weighted by molar-refractivity contribution is 5.97. The van der Waals surface area contributed by atoms with Gasteiger partial charge >= 0.3 is 0 Å². The van der Waals surface area contributed by atoms with Crippen molar-refractivity contribution in [3.05, 3.63) is 83.8 Å². The van der Waals surface area contributed by atoms with Crippen LogP contribution in [0, 0.1) is 0 Å². The van der Waals surface area contributed by atoms with Gasteiger partial charge in [0.25, 0.3) is 5.91 Å². The Kier molecular flexibility index (Phi) is 8.02. The zero-order valence-corrected chi connectivity index (χ0v) is 20.7. The van der Waals surface area contributed by atoms with Crippen LogP contribution >= 0.6 is 0 Å². The van der Waals surface area contributed by atoms with Gasteiger partial charge in [0, 0.05) is 38.3 Å². The zero-order valence-electron chi connectivity index (χ0n) is 20.7. The Balaban J connectivity index is 1.34. The van der Waals surface area contributed by atoms with Crippen molar-refractivity contribution in [2.24, 2.45) is 0 Å². The molecular weight excluding hydrogens is 474 g/mol. The number of rotatable bonds is 10. The van der Waals surface area contributed by atoms with Crippen molar-refractivity contribution in [3.8, 4) is 11.5 Å². The monoisotopic (exact) mass is 505 g/mol. The molecule has 2 aliphatic heterocycles. The summed E-state index contributed by atoms with van der Waals surface area (Å²) >= 11 is 0. The van der Waals surface area contributed by atoms with E-state index in [1.54, 1.807) is 40.3 Å². The molecule has 9 nitrogen and oxygen atoms in total. The topological polar surface area (TPSA) is 84.7 Å². The van der Waals surface area contributed by atoms with Crippen molar-refractivity contribution in [2.75, 3.05) is 52.7 Å². The lowest BCUT2D eigenvalue weighted by atomic mass is 10.1. The average molecular weight is 506 g/mol. The van der Waals surface area contributed by atoms with Crippen LogP contribution in [0.2, 0.25) is 0 Å². The van der Waals surface area contributed by atoms with Gasteiger partial charge in [0.2, 0.25) is 12.7 Å². The normalized spacial score (nSPS) is 14.9. The summed E-state index contributed by atoms with van der Waals surface area (Å²) in [5.74, 6) is 1.45. The number of hydrogen-bond acceptors (Lipinski definition) is 7. The van der Waals surface area contributed by atoms with E-state index in [0.717, 1.165) is 18.7 Å². The molecule has 2 amide bonds. The van der Waals surface area contributed by atoms with Crippen molar-refractivity contribution >= 4 is 11.8 Å². The fraction of sp³-hybridized carbons (Fsp3) is 0.357. The van der Waals surface area contributed by atoms with Gasteiger partial charge in [0.05, 0.1) is 26.0 Å². The van der Waals surface area contributed by atoms with Crippen molar-refractivity contribution in [1.29, 1.82) is 0 Å². The van der Waals surface area contributed by atoms with Gasteiger partial charge in [-0.15, -0.1) is 0 Å². The van der Waals surface area contributed by atoms with Crippen LogP contribution in [0.25, 0.3) is 0 Å². The largest absolute Gasteiger partial charge is 0.467 e. The van der Waals surface area contributed by atoms with Gasteiger partial charge in [-0.25, -0.2) is 0 Å². The molecule has 3 heterocycles. The third-order valence-corrected chi connectivity index (χ3v) is 6.52. The van der Waals surface area contributed by atoms with E-state index in [1.165, 1.54) is 0 Å². The molecule has 37 heavy (non-hydrogen) atoms. The molecule has 0 atom stereocenters. The first-order chi connectivity index (χ1) is 18.2. The second kappa shape index (κ2) is 11.9. The third-order valence-electron chi connectivity index (χ3n) is 6.52. The van der Waals surface area contributed by atoms with Gasteiger partial charge in [-0.1, -0.05) is 30.3 Å². The number of carbonyl (C=O) groups is 2. The number of benzene rings is 2. The molecule has 0 N–H and O–H groups in total. The first-order valence-corrected chi connectivity index (χ1v) is 12.5. The van der Waals surface area contributed by atoms with E-state index in [0.29, 0.717) is 62.2 Å². The maximum Gasteiger partial charge on any atom is 0.254 e. The summed E-state index contributed by atoms with van der Waals surface area (Å²) in [7, 11) is 0. The lowest BCUT2D eigenvalue weighted by molar-refractivity contribution is -0.133. The summed E-state index contributed by atoms with van der Waals surface area (Å²) in [5, 5.41) is 0. The summed E-state index contributed by atoms with van der Waals surface area (Å²) in [6.45, 7) is 4.83. The van der Waals surface area contributed by atoms with Crippen molar-refractivity contribution in [3.63, 3.8) is 0 Å². The Morgan fingerprint density at radius 3 is 2.46 bits per heavy atom. The van der Waals surface area contributed by atoms with Crippen LogP contribution in [0.3, 0.4) is 0 Å². The smallest absolute Gasteiger partial charge is 0.254 e. The molecule has 2 aromatic carbocycles. The fourth-order valence-electron chi connectivity index (χ4n) is 4.44. The van der Waals surface area contributed by atoms with Crippen LogP contribution in [0.1, 0.15) is 21.7 Å². The molecule has 1 aromatic heterocycles. The number of furan rings is 1. The van der Waals surface area contributed by atoms with E-state index in [2.05, 4.69) is 4.90 Å². The lowest BCUT2D eigenvalue weighted by Crippen LogP contribution is -2.47. The van der Waals surface area contributed by atoms with Crippen LogP contribution in [0.4, 0.5) is 0 Å². The molecule has 5 rings (SSSR count). The lowest BCUT2D eigenvalue weighted by Gasteiger charge is -2.31. The number of fused-ring (bicyclic) bond motifs is 1. The molecule has 3 aromatic rings. The predicted octanol–water partition coefficient (Wildman–Crippen LogP) is 3.01. The molecule has 0 aliphatic carbocycles. The van der Waals surface area contributed by atoms with Gasteiger partial charge in [-0.2, -0.15) is 0 Å². The van der Waals surface area contributed by atoms with Crippen LogP contribution in [-0.2, 0) is 22.6 Å². The van der Waals surface area contributed by atoms with E-state index in [1.807, 2.05) is 36.4 Å². The molecule has 1 fully saturated rings. The van der Waals surface area contributed by atoms with E-state index in [-0.39, 0.29) is 25.2 Å². The Bertz CT molecular complexity index is 1180. The Hall–Kier alpha value is -3.82. The van der Waals surface area contributed by atoms with E-state index < -0.39 is 0 Å². The van der Waals surface area contributed by atoms with E-state index in [9.17, 15) is 9.59 Å². The van der Waals surface area contributed by atoms with E-state index in [4.69, 9.17) is 18.6 Å². The molecular formula is C28H31N3O6. The van der Waals surface area contributed by atoms with Gasteiger partial charge in [0.1, 0.15) is 12.3 Å². The zero-order chi connectivity index (χ0) is 25.5. The maximum absolute atomic E-state index is 13.7. The predicted molar refractivity (Wildman–Crippen MR) is 135 cm³/mol. The number of ether oxygens (including phenoxy) is 3. The molecule has 0 radical (unpaired) electrons. The SMILES string of the molecule is O=C(CN(CCN1CCOCC1)C(=O)c1ccc2c(c1)OCO2)N(Cc1ccccc1)Cc1ccco1. The summed E-state index contributed by atoms with van der Waals surface area (Å²) in [6, 6.07) is 18.6. The van der Waals surface area contributed by atoms with Gasteiger partial charge in [0.15, 0.2) is 11.5 Å². The molecule has 0 unspecified atom stereocenters. The van der Waals surface area contributed by atoms with Crippen molar-refractivity contribution < 1.29 is 28.2 Å². The van der Waals surface area contributed by atoms with Crippen LogP contribution in [-0.4, -0.2) is 79.2 Å². The highest BCUT2D eigenvalue weighted by Crippen LogP contribution is 2.32. The number of carbonyl (C=O) groups excluding carboxylic acids is 2. The van der Waals surface area contributed by atoms with Gasteiger partial charge in [-0.3, -0.25) is 14.5 Å². The van der Waals surface area contributed by atoms with Gasteiger partial charge in [-0.05, 0) is 35.9 Å². The Labute approximate surface area is 216 Å². The maximum atomic E-state index is 13.7. The highest BCUT2D eigenvalue weighted by atomic mass is 16.7. The number of hydrogen-bond donors (Lipinski definition) is 0. The first-order valence-electron chi connectivity index (χ1n) is 12.5. The summed E-state index contributed by atoms with van der Waals surface area (Å²) < 4.78 is 21.8. The summed E-state index contributed by atoms with van der Waals surface area (Å²) in [6.07, 6.45) is 1.60. The van der Waals surface area contributed by atoms with Crippen LogP contribution in [0.5, 0.6) is 11.5 Å². The standard InChI is InChI=1S/C28H31N3O6/c32-27(31(19-24-7-4-14-35-24)18-22-5-2-1-3-6-22)20-30(11-10-29-12-15-34-16-13-29)28(33)23-8-9-25-26(17-23)37-21-36-25/h1-9,14,17H,10-13,15-16,18-21H2. The number of amides is 2. The molecule has 9 heteroatoms. The molecule has 0 spiro atoms. The van der Waals surface area contributed by atoms with Crippen molar-refractivity contribution in [2.45, 2.75) is 13.1 Å². The molecule has 0 saturated carbocycles. The molecule has 0 bridgehead atoms. The summed E-state index contributed by atoms with van der Waals surface area (Å²) in [5.41, 5.74) is 1.46. The molecule has 2 aliphatic rings. The number of morpholine rings is 1. The Morgan fingerprint density at radius 2 is 1.68 bits per heavy atom. The summed E-state index contributed by atoms with van der Waals surface area (Å²) in [4.78, 5) is 32.9. The second-order valence-corrected chi connectivity index (χ2v) is 9.06. The number of nitrogens with zero attached hydrogens (tertiary/aromatic N) is 3. The van der Waals surface area contributed by atoms with Crippen LogP contribution < -0.4 is 9.47 Å². The minimum absolute atomic E-state index is 0.0504. The molecule has 194 valence electrons. The fourth-order valence-corrected chi connectivity index (χ4v) is 4.44. The Morgan fingerprint density at radius 1 is 0.865 bits per heavy atom. The van der Waals surface area contributed by atoms with Crippen molar-refractivity contribution in [1.82, 2.24) is 14.7 Å². The third kappa shape index (κ3) is 6.49. The minimum Gasteiger partial charge on any atom is -0.467 e.